The maximum absolute atomic E-state index is 12.4. The summed E-state index contributed by atoms with van der Waals surface area (Å²) < 4.78 is 10.3. The van der Waals surface area contributed by atoms with E-state index in [9.17, 15) is 9.59 Å². The summed E-state index contributed by atoms with van der Waals surface area (Å²) in [6, 6.07) is -0.315. The highest BCUT2D eigenvalue weighted by molar-refractivity contribution is 5.74. The smallest absolute Gasteiger partial charge is 0.429 e. The van der Waals surface area contributed by atoms with Crippen LogP contribution in [0.4, 0.5) is 9.59 Å². The summed E-state index contributed by atoms with van der Waals surface area (Å²) in [4.78, 5) is 24.3. The van der Waals surface area contributed by atoms with Gasteiger partial charge in [-0.05, 0) is 59.3 Å². The fraction of sp³-hybridized carbons (Fsp3) is 0.700. The third-order valence-electron chi connectivity index (χ3n) is 3.76. The van der Waals surface area contributed by atoms with E-state index in [1.54, 1.807) is 27.7 Å². The van der Waals surface area contributed by atoms with Gasteiger partial charge in [-0.1, -0.05) is 32.1 Å². The quantitative estimate of drug-likeness (QED) is 0.424. The van der Waals surface area contributed by atoms with Crippen LogP contribution in [-0.2, 0) is 9.47 Å². The second-order valence-corrected chi connectivity index (χ2v) is 6.75. The van der Waals surface area contributed by atoms with Crippen molar-refractivity contribution >= 4 is 12.2 Å². The van der Waals surface area contributed by atoms with Gasteiger partial charge in [0.2, 0.25) is 0 Å². The highest BCUT2D eigenvalue weighted by atomic mass is 16.6. The van der Waals surface area contributed by atoms with Crippen molar-refractivity contribution in [2.45, 2.75) is 85.5 Å². The summed E-state index contributed by atoms with van der Waals surface area (Å²) in [6.07, 6.45) is 7.66. The van der Waals surface area contributed by atoms with E-state index in [0.717, 1.165) is 19.3 Å². The predicted octanol–water partition coefficient (Wildman–Crippen LogP) is 5.21. The first kappa shape index (κ1) is 24.0. The Labute approximate surface area is 158 Å². The summed E-state index contributed by atoms with van der Waals surface area (Å²) >= 11 is 0. The molecule has 1 unspecified atom stereocenters. The number of nitrogens with one attached hydrogen (secondary N) is 1. The average molecular weight is 369 g/mol. The molecule has 0 aliphatic heterocycles. The zero-order chi connectivity index (χ0) is 20.1. The van der Waals surface area contributed by atoms with Crippen LogP contribution in [0.3, 0.4) is 0 Å². The van der Waals surface area contributed by atoms with Crippen molar-refractivity contribution in [2.24, 2.45) is 5.92 Å². The largest absolute Gasteiger partial charge is 0.446 e. The lowest BCUT2D eigenvalue weighted by molar-refractivity contribution is 0.0376. The molecular weight excluding hydrogens is 332 g/mol. The molecule has 0 heterocycles. The summed E-state index contributed by atoms with van der Waals surface area (Å²) in [6.45, 7) is 14.9. The lowest BCUT2D eigenvalue weighted by atomic mass is 10.0. The van der Waals surface area contributed by atoms with Crippen LogP contribution in [0.2, 0.25) is 0 Å². The monoisotopic (exact) mass is 368 g/mol. The van der Waals surface area contributed by atoms with Gasteiger partial charge in [-0.3, -0.25) is 0 Å². The molecule has 0 saturated carbocycles. The molecule has 0 aromatic heterocycles. The van der Waals surface area contributed by atoms with Gasteiger partial charge in [-0.2, -0.15) is 0 Å². The summed E-state index contributed by atoms with van der Waals surface area (Å²) in [5.74, 6) is 0.487. The normalized spacial score (nSPS) is 13.5. The molecular formula is C20H36N2O4. The SMILES string of the molecule is C=C[C@H](CC)CC/C=C/C(CC)N(NC(=O)OC(C)C)C(=O)OC(C)C. The van der Waals surface area contributed by atoms with Crippen LogP contribution >= 0.6 is 0 Å². The fourth-order valence-electron chi connectivity index (χ4n) is 2.32. The first-order valence-electron chi connectivity index (χ1n) is 9.51. The van der Waals surface area contributed by atoms with Gasteiger partial charge in [0.1, 0.15) is 0 Å². The van der Waals surface area contributed by atoms with Crippen molar-refractivity contribution < 1.29 is 19.1 Å². The van der Waals surface area contributed by atoms with Gasteiger partial charge in [-0.15, -0.1) is 6.58 Å². The molecule has 2 atom stereocenters. The molecule has 0 aromatic carbocycles. The molecule has 0 spiro atoms. The minimum Gasteiger partial charge on any atom is -0.446 e. The molecule has 6 heteroatoms. The molecule has 0 aliphatic rings. The summed E-state index contributed by atoms with van der Waals surface area (Å²) in [7, 11) is 0. The van der Waals surface area contributed by atoms with Crippen molar-refractivity contribution in [1.29, 1.82) is 0 Å². The Hall–Kier alpha value is -1.98. The number of nitrogens with zero attached hydrogens (tertiary/aromatic N) is 1. The van der Waals surface area contributed by atoms with E-state index in [1.165, 1.54) is 5.01 Å². The van der Waals surface area contributed by atoms with E-state index < -0.39 is 12.2 Å². The summed E-state index contributed by atoms with van der Waals surface area (Å²) in [5, 5.41) is 1.20. The molecule has 0 aliphatic carbocycles. The van der Waals surface area contributed by atoms with Crippen LogP contribution in [0.5, 0.6) is 0 Å². The number of hydrogen-bond acceptors (Lipinski definition) is 4. The predicted molar refractivity (Wildman–Crippen MR) is 105 cm³/mol. The van der Waals surface area contributed by atoms with E-state index >= 15 is 0 Å². The Morgan fingerprint density at radius 2 is 1.69 bits per heavy atom. The minimum atomic E-state index is -0.676. The number of carbonyl (C=O) groups is 2. The lowest BCUT2D eigenvalue weighted by Gasteiger charge is -2.29. The molecule has 0 radical (unpaired) electrons. The van der Waals surface area contributed by atoms with Gasteiger partial charge in [-0.25, -0.2) is 20.0 Å². The first-order chi connectivity index (χ1) is 12.2. The van der Waals surface area contributed by atoms with E-state index in [2.05, 4.69) is 18.9 Å². The maximum atomic E-state index is 12.4. The Bertz CT molecular complexity index is 461. The number of hydrogen-bond donors (Lipinski definition) is 1. The van der Waals surface area contributed by atoms with E-state index in [-0.39, 0.29) is 18.2 Å². The molecule has 0 saturated heterocycles. The van der Waals surface area contributed by atoms with Crippen LogP contribution in [0, 0.1) is 5.92 Å². The molecule has 150 valence electrons. The van der Waals surface area contributed by atoms with Gasteiger partial charge in [0.15, 0.2) is 0 Å². The van der Waals surface area contributed by atoms with Crippen LogP contribution in [-0.4, -0.2) is 35.4 Å². The molecule has 2 amide bonds. The molecule has 6 nitrogen and oxygen atoms in total. The van der Waals surface area contributed by atoms with Crippen molar-refractivity contribution in [2.75, 3.05) is 0 Å². The number of allylic oxidation sites excluding steroid dienone is 2. The lowest BCUT2D eigenvalue weighted by Crippen LogP contribution is -2.52. The van der Waals surface area contributed by atoms with E-state index in [4.69, 9.17) is 9.47 Å². The van der Waals surface area contributed by atoms with Crippen molar-refractivity contribution in [3.05, 3.63) is 24.8 Å². The molecule has 0 aromatic rings. The zero-order valence-corrected chi connectivity index (χ0v) is 17.2. The summed E-state index contributed by atoms with van der Waals surface area (Å²) in [5.41, 5.74) is 2.51. The van der Waals surface area contributed by atoms with Crippen LogP contribution in [0.1, 0.15) is 67.2 Å². The van der Waals surface area contributed by atoms with Gasteiger partial charge in [0.05, 0.1) is 18.2 Å². The highest BCUT2D eigenvalue weighted by Crippen LogP contribution is 2.14. The van der Waals surface area contributed by atoms with Gasteiger partial charge >= 0.3 is 12.2 Å². The van der Waals surface area contributed by atoms with Crippen molar-refractivity contribution in [3.8, 4) is 0 Å². The topological polar surface area (TPSA) is 67.9 Å². The third-order valence-corrected chi connectivity index (χ3v) is 3.76. The van der Waals surface area contributed by atoms with E-state index in [1.807, 2.05) is 25.2 Å². The van der Waals surface area contributed by atoms with Crippen LogP contribution in [0.15, 0.2) is 24.8 Å². The Morgan fingerprint density at radius 3 is 2.15 bits per heavy atom. The van der Waals surface area contributed by atoms with Gasteiger partial charge in [0, 0.05) is 0 Å². The highest BCUT2D eigenvalue weighted by Gasteiger charge is 2.25. The number of carbonyl (C=O) groups excluding carboxylic acids is 2. The zero-order valence-electron chi connectivity index (χ0n) is 17.2. The number of rotatable bonds is 10. The second-order valence-electron chi connectivity index (χ2n) is 6.75. The van der Waals surface area contributed by atoms with Crippen molar-refractivity contribution in [3.63, 3.8) is 0 Å². The van der Waals surface area contributed by atoms with E-state index in [0.29, 0.717) is 12.3 Å². The first-order valence-corrected chi connectivity index (χ1v) is 9.51. The van der Waals surface area contributed by atoms with Crippen LogP contribution in [0.25, 0.3) is 0 Å². The molecule has 0 fully saturated rings. The number of ether oxygens (including phenoxy) is 2. The van der Waals surface area contributed by atoms with Gasteiger partial charge < -0.3 is 9.47 Å². The Morgan fingerprint density at radius 1 is 1.08 bits per heavy atom. The molecule has 26 heavy (non-hydrogen) atoms. The molecule has 0 rings (SSSR count). The standard InChI is InChI=1S/C20H36N2O4/c1-8-17(9-2)13-11-12-14-18(10-3)22(20(24)26-16(6)7)21-19(23)25-15(4)5/h8,12,14-18H,1,9-11,13H2,2-7H3,(H,21,23)/b14-12+/t17-,18?/m1/s1. The maximum Gasteiger partial charge on any atom is 0.429 e. The second kappa shape index (κ2) is 13.3. The molecule has 1 N–H and O–H groups in total. The minimum absolute atomic E-state index is 0.279. The number of amides is 2. The fourth-order valence-corrected chi connectivity index (χ4v) is 2.32. The molecule has 0 bridgehead atoms. The average Bonchev–Trinajstić information content (AvgIpc) is 2.55. The van der Waals surface area contributed by atoms with Crippen LogP contribution < -0.4 is 5.43 Å². The number of hydrazine groups is 1. The van der Waals surface area contributed by atoms with Gasteiger partial charge in [0.25, 0.3) is 0 Å². The third kappa shape index (κ3) is 10.1. The Balaban J connectivity index is 5.05. The Kier molecular flexibility index (Phi) is 12.2. The van der Waals surface area contributed by atoms with Crippen molar-refractivity contribution in [1.82, 2.24) is 10.4 Å².